The highest BCUT2D eigenvalue weighted by Crippen LogP contribution is 2.16. The summed E-state index contributed by atoms with van der Waals surface area (Å²) in [6.07, 6.45) is 0. The maximum absolute atomic E-state index is 12.1. The van der Waals surface area contributed by atoms with E-state index in [-0.39, 0.29) is 11.1 Å². The van der Waals surface area contributed by atoms with Crippen LogP contribution in [-0.4, -0.2) is 15.6 Å². The first-order valence-corrected chi connectivity index (χ1v) is 6.72. The van der Waals surface area contributed by atoms with Crippen molar-refractivity contribution < 1.29 is 9.90 Å². The highest BCUT2D eigenvalue weighted by molar-refractivity contribution is 14.1. The molecule has 0 aliphatic heterocycles. The Morgan fingerprint density at radius 2 is 1.79 bits per heavy atom. The van der Waals surface area contributed by atoms with Gasteiger partial charge in [0.1, 0.15) is 0 Å². The van der Waals surface area contributed by atoms with E-state index < -0.39 is 5.97 Å². The number of carboxylic acids is 1. The molecule has 0 spiro atoms. The summed E-state index contributed by atoms with van der Waals surface area (Å²) in [5.41, 5.74) is 1.56. The molecule has 2 aromatic rings. The molecule has 0 aliphatic carbocycles. The standard InChI is InChI=1S/C14H12INO3/c1-8-7-12(17)16(9(2)13(8)14(18)19)11-5-3-10(15)4-6-11/h3-7H,1-2H3,(H,18,19). The van der Waals surface area contributed by atoms with Gasteiger partial charge in [-0.1, -0.05) is 0 Å². The molecule has 0 aliphatic rings. The van der Waals surface area contributed by atoms with Crippen LogP contribution in [0.4, 0.5) is 0 Å². The van der Waals surface area contributed by atoms with Gasteiger partial charge in [-0.15, -0.1) is 0 Å². The zero-order valence-electron chi connectivity index (χ0n) is 10.5. The molecule has 1 aromatic heterocycles. The fourth-order valence-electron chi connectivity index (χ4n) is 2.12. The van der Waals surface area contributed by atoms with Crippen LogP contribution >= 0.6 is 22.6 Å². The number of hydrogen-bond donors (Lipinski definition) is 1. The number of nitrogens with zero attached hydrogens (tertiary/aromatic N) is 1. The normalized spacial score (nSPS) is 10.5. The Hall–Kier alpha value is -1.63. The summed E-state index contributed by atoms with van der Waals surface area (Å²) in [7, 11) is 0. The molecule has 0 radical (unpaired) electrons. The molecule has 1 aromatic carbocycles. The number of aromatic carboxylic acids is 1. The Bertz CT molecular complexity index is 702. The lowest BCUT2D eigenvalue weighted by molar-refractivity contribution is 0.0694. The smallest absolute Gasteiger partial charge is 0.337 e. The van der Waals surface area contributed by atoms with Crippen LogP contribution < -0.4 is 5.56 Å². The van der Waals surface area contributed by atoms with Gasteiger partial charge in [-0.25, -0.2) is 4.79 Å². The number of carbonyl (C=O) groups is 1. The number of pyridine rings is 1. The first-order chi connectivity index (χ1) is 8.91. The molecule has 1 N–H and O–H groups in total. The summed E-state index contributed by atoms with van der Waals surface area (Å²) >= 11 is 2.17. The lowest BCUT2D eigenvalue weighted by atomic mass is 10.1. The maximum atomic E-state index is 12.1. The van der Waals surface area contributed by atoms with E-state index in [2.05, 4.69) is 22.6 Å². The Balaban J connectivity index is 2.77. The summed E-state index contributed by atoms with van der Waals surface area (Å²) in [5.74, 6) is -1.02. The van der Waals surface area contributed by atoms with Crippen molar-refractivity contribution in [3.05, 3.63) is 61.1 Å². The molecule has 2 rings (SSSR count). The number of aromatic nitrogens is 1. The van der Waals surface area contributed by atoms with Crippen molar-refractivity contribution in [1.82, 2.24) is 4.57 Å². The van der Waals surface area contributed by atoms with Gasteiger partial charge >= 0.3 is 5.97 Å². The third-order valence-corrected chi connectivity index (χ3v) is 3.67. The molecular formula is C14H12INO3. The fraction of sp³-hybridized carbons (Fsp3) is 0.143. The van der Waals surface area contributed by atoms with Crippen molar-refractivity contribution in [3.63, 3.8) is 0 Å². The van der Waals surface area contributed by atoms with Gasteiger partial charge in [0, 0.05) is 21.0 Å². The number of hydrogen-bond acceptors (Lipinski definition) is 2. The zero-order valence-corrected chi connectivity index (χ0v) is 12.6. The van der Waals surface area contributed by atoms with Crippen LogP contribution in [0.3, 0.4) is 0 Å². The minimum absolute atomic E-state index is 0.179. The quantitative estimate of drug-likeness (QED) is 0.829. The highest BCUT2D eigenvalue weighted by atomic mass is 127. The number of rotatable bonds is 2. The van der Waals surface area contributed by atoms with E-state index in [1.165, 1.54) is 10.6 Å². The molecule has 0 saturated heterocycles. The second-order valence-electron chi connectivity index (χ2n) is 4.24. The van der Waals surface area contributed by atoms with Crippen molar-refractivity contribution in [2.75, 3.05) is 0 Å². The van der Waals surface area contributed by atoms with Crippen molar-refractivity contribution in [1.29, 1.82) is 0 Å². The van der Waals surface area contributed by atoms with E-state index in [1.54, 1.807) is 26.0 Å². The van der Waals surface area contributed by atoms with E-state index >= 15 is 0 Å². The molecule has 0 atom stereocenters. The minimum Gasteiger partial charge on any atom is -0.478 e. The van der Waals surface area contributed by atoms with Crippen LogP contribution in [0, 0.1) is 17.4 Å². The topological polar surface area (TPSA) is 59.3 Å². The van der Waals surface area contributed by atoms with Crippen molar-refractivity contribution >= 4 is 28.6 Å². The minimum atomic E-state index is -1.02. The molecule has 0 unspecified atom stereocenters. The van der Waals surface area contributed by atoms with E-state index in [0.717, 1.165) is 3.57 Å². The Labute approximate surface area is 123 Å². The summed E-state index contributed by atoms with van der Waals surface area (Å²) in [6.45, 7) is 3.28. The molecule has 0 saturated carbocycles. The van der Waals surface area contributed by atoms with Crippen LogP contribution in [0.2, 0.25) is 0 Å². The summed E-state index contributed by atoms with van der Waals surface area (Å²) in [5, 5.41) is 9.24. The van der Waals surface area contributed by atoms with Gasteiger partial charge in [0.2, 0.25) is 0 Å². The zero-order chi connectivity index (χ0) is 14.2. The average molecular weight is 369 g/mol. The number of halogens is 1. The first-order valence-electron chi connectivity index (χ1n) is 5.64. The predicted octanol–water partition coefficient (Wildman–Crippen LogP) is 2.76. The molecule has 5 heteroatoms. The molecule has 4 nitrogen and oxygen atoms in total. The van der Waals surface area contributed by atoms with Crippen molar-refractivity contribution in [2.24, 2.45) is 0 Å². The molecule has 0 amide bonds. The van der Waals surface area contributed by atoms with Crippen LogP contribution in [0.5, 0.6) is 0 Å². The third kappa shape index (κ3) is 2.56. The van der Waals surface area contributed by atoms with E-state index in [9.17, 15) is 14.7 Å². The number of carboxylic acid groups (broad SMARTS) is 1. The maximum Gasteiger partial charge on any atom is 0.337 e. The lowest BCUT2D eigenvalue weighted by Gasteiger charge is -2.14. The second kappa shape index (κ2) is 5.16. The largest absolute Gasteiger partial charge is 0.478 e. The van der Waals surface area contributed by atoms with Gasteiger partial charge < -0.3 is 5.11 Å². The molecule has 1 heterocycles. The van der Waals surface area contributed by atoms with Crippen LogP contribution in [-0.2, 0) is 0 Å². The third-order valence-electron chi connectivity index (χ3n) is 2.95. The molecule has 98 valence electrons. The SMILES string of the molecule is Cc1cc(=O)n(-c2ccc(I)cc2)c(C)c1C(=O)O. The average Bonchev–Trinajstić information content (AvgIpc) is 2.30. The lowest BCUT2D eigenvalue weighted by Crippen LogP contribution is -2.24. The second-order valence-corrected chi connectivity index (χ2v) is 5.49. The summed E-state index contributed by atoms with van der Waals surface area (Å²) in [6, 6.07) is 8.72. The van der Waals surface area contributed by atoms with E-state index in [1.807, 2.05) is 12.1 Å². The van der Waals surface area contributed by atoms with Gasteiger partial charge in [0.25, 0.3) is 5.56 Å². The summed E-state index contributed by atoms with van der Waals surface area (Å²) < 4.78 is 2.48. The Morgan fingerprint density at radius 1 is 1.21 bits per heavy atom. The van der Waals surface area contributed by atoms with Gasteiger partial charge in [0.05, 0.1) is 5.56 Å². The monoisotopic (exact) mass is 369 g/mol. The number of benzene rings is 1. The van der Waals surface area contributed by atoms with Gasteiger partial charge in [-0.05, 0) is 66.3 Å². The first kappa shape index (κ1) is 13.8. The van der Waals surface area contributed by atoms with Crippen LogP contribution in [0.15, 0.2) is 35.1 Å². The van der Waals surface area contributed by atoms with Crippen LogP contribution in [0.1, 0.15) is 21.6 Å². The highest BCUT2D eigenvalue weighted by Gasteiger charge is 2.16. The van der Waals surface area contributed by atoms with Gasteiger partial charge in [-0.3, -0.25) is 9.36 Å². The number of aryl methyl sites for hydroxylation is 1. The van der Waals surface area contributed by atoms with E-state index in [0.29, 0.717) is 16.9 Å². The van der Waals surface area contributed by atoms with Crippen molar-refractivity contribution in [3.8, 4) is 5.69 Å². The van der Waals surface area contributed by atoms with E-state index in [4.69, 9.17) is 0 Å². The van der Waals surface area contributed by atoms with Crippen LogP contribution in [0.25, 0.3) is 5.69 Å². The Morgan fingerprint density at radius 3 is 2.32 bits per heavy atom. The molecule has 19 heavy (non-hydrogen) atoms. The molecular weight excluding hydrogens is 357 g/mol. The van der Waals surface area contributed by atoms with Gasteiger partial charge in [-0.2, -0.15) is 0 Å². The van der Waals surface area contributed by atoms with Crippen molar-refractivity contribution in [2.45, 2.75) is 13.8 Å². The molecule has 0 fully saturated rings. The summed E-state index contributed by atoms with van der Waals surface area (Å²) in [4.78, 5) is 23.4. The van der Waals surface area contributed by atoms with Gasteiger partial charge in [0.15, 0.2) is 0 Å². The predicted molar refractivity (Wildman–Crippen MR) is 81.2 cm³/mol. The Kier molecular flexibility index (Phi) is 3.75. The molecule has 0 bridgehead atoms. The fourth-order valence-corrected chi connectivity index (χ4v) is 2.48.